The Hall–Kier alpha value is -3.26. The summed E-state index contributed by atoms with van der Waals surface area (Å²) >= 11 is 0. The average molecular weight is 468 g/mol. The van der Waals surface area contributed by atoms with Gasteiger partial charge in [-0.15, -0.1) is 0 Å². The van der Waals surface area contributed by atoms with E-state index in [1.165, 1.54) is 0 Å². The van der Waals surface area contributed by atoms with Gasteiger partial charge < -0.3 is 29.3 Å². The van der Waals surface area contributed by atoms with Crippen molar-refractivity contribution in [2.45, 2.75) is 27.2 Å². The van der Waals surface area contributed by atoms with Gasteiger partial charge in [0.15, 0.2) is 0 Å². The van der Waals surface area contributed by atoms with Gasteiger partial charge >= 0.3 is 0 Å². The summed E-state index contributed by atoms with van der Waals surface area (Å²) < 4.78 is 17.3. The number of amides is 2. The second-order valence-corrected chi connectivity index (χ2v) is 8.51. The van der Waals surface area contributed by atoms with Crippen LogP contribution in [0.15, 0.2) is 36.4 Å². The van der Waals surface area contributed by atoms with Gasteiger partial charge in [-0.2, -0.15) is 0 Å². The molecule has 2 aliphatic rings. The summed E-state index contributed by atoms with van der Waals surface area (Å²) in [4.78, 5) is 29.7. The lowest BCUT2D eigenvalue weighted by Crippen LogP contribution is -2.36. The fraction of sp³-hybridized carbons (Fsp3) is 0.462. The van der Waals surface area contributed by atoms with E-state index in [9.17, 15) is 9.59 Å². The number of nitrogens with one attached hydrogen (secondary N) is 1. The quantitative estimate of drug-likeness (QED) is 0.639. The summed E-state index contributed by atoms with van der Waals surface area (Å²) in [6.07, 6.45) is 0.174. The highest BCUT2D eigenvalue weighted by molar-refractivity contribution is 6.04. The monoisotopic (exact) mass is 467 g/mol. The topological polar surface area (TPSA) is 80.3 Å². The summed E-state index contributed by atoms with van der Waals surface area (Å²) in [5.74, 6) is 0.572. The van der Waals surface area contributed by atoms with Crippen LogP contribution in [0.4, 0.5) is 17.1 Å². The van der Waals surface area contributed by atoms with Gasteiger partial charge in [-0.3, -0.25) is 9.59 Å². The van der Waals surface area contributed by atoms with Crippen LogP contribution in [-0.4, -0.2) is 57.9 Å². The molecule has 8 nitrogen and oxygen atoms in total. The zero-order valence-electron chi connectivity index (χ0n) is 20.1. The second kappa shape index (κ2) is 10.8. The number of anilines is 3. The van der Waals surface area contributed by atoms with Gasteiger partial charge in [-0.1, -0.05) is 17.7 Å². The Morgan fingerprint density at radius 3 is 2.41 bits per heavy atom. The second-order valence-electron chi connectivity index (χ2n) is 8.51. The molecule has 0 aromatic heterocycles. The van der Waals surface area contributed by atoms with Crippen molar-refractivity contribution < 1.29 is 23.8 Å². The van der Waals surface area contributed by atoms with E-state index < -0.39 is 5.92 Å². The van der Waals surface area contributed by atoms with E-state index in [1.807, 2.05) is 57.2 Å². The maximum Gasteiger partial charge on any atom is 0.229 e. The number of rotatable bonds is 8. The Morgan fingerprint density at radius 1 is 1.06 bits per heavy atom. The molecule has 1 N–H and O–H groups in total. The molecule has 2 saturated heterocycles. The molecule has 2 heterocycles. The summed E-state index contributed by atoms with van der Waals surface area (Å²) in [6.45, 7) is 9.98. The summed E-state index contributed by atoms with van der Waals surface area (Å²) in [6, 6.07) is 11.5. The van der Waals surface area contributed by atoms with Gasteiger partial charge in [0.05, 0.1) is 43.7 Å². The first kappa shape index (κ1) is 23.9. The Bertz CT molecular complexity index is 1020. The molecule has 0 unspecified atom stereocenters. The van der Waals surface area contributed by atoms with Crippen LogP contribution in [0.25, 0.3) is 0 Å². The Labute approximate surface area is 200 Å². The SMILES string of the molecule is CCOc1cc(N2CCOCC2)c(OCC)cc1NC(=O)[C@@H]1CC(=O)N(c2ccc(C)cc2)C1. The Kier molecular flexibility index (Phi) is 7.57. The summed E-state index contributed by atoms with van der Waals surface area (Å²) in [7, 11) is 0. The van der Waals surface area contributed by atoms with E-state index in [4.69, 9.17) is 14.2 Å². The molecule has 34 heavy (non-hydrogen) atoms. The average Bonchev–Trinajstić information content (AvgIpc) is 3.23. The smallest absolute Gasteiger partial charge is 0.229 e. The van der Waals surface area contributed by atoms with Crippen molar-refractivity contribution in [3.8, 4) is 11.5 Å². The van der Waals surface area contributed by atoms with E-state index in [2.05, 4.69) is 10.2 Å². The number of carbonyl (C=O) groups is 2. The molecule has 2 amide bonds. The zero-order valence-corrected chi connectivity index (χ0v) is 20.1. The molecular formula is C26H33N3O5. The van der Waals surface area contributed by atoms with Gasteiger partial charge in [-0.05, 0) is 32.9 Å². The Balaban J connectivity index is 1.54. The lowest BCUT2D eigenvalue weighted by Gasteiger charge is -2.31. The minimum absolute atomic E-state index is 0.0493. The van der Waals surface area contributed by atoms with E-state index in [0.29, 0.717) is 50.2 Å². The van der Waals surface area contributed by atoms with Crippen molar-refractivity contribution in [1.29, 1.82) is 0 Å². The zero-order chi connectivity index (χ0) is 24.1. The van der Waals surface area contributed by atoms with E-state index >= 15 is 0 Å². The molecule has 2 aliphatic heterocycles. The Morgan fingerprint density at radius 2 is 1.74 bits per heavy atom. The molecule has 8 heteroatoms. The molecular weight excluding hydrogens is 434 g/mol. The molecule has 0 bridgehead atoms. The van der Waals surface area contributed by atoms with Gasteiger partial charge in [0.1, 0.15) is 11.5 Å². The van der Waals surface area contributed by atoms with Crippen LogP contribution in [0.3, 0.4) is 0 Å². The van der Waals surface area contributed by atoms with E-state index in [-0.39, 0.29) is 18.2 Å². The molecule has 0 saturated carbocycles. The van der Waals surface area contributed by atoms with Crippen molar-refractivity contribution in [1.82, 2.24) is 0 Å². The van der Waals surface area contributed by atoms with Crippen molar-refractivity contribution in [3.63, 3.8) is 0 Å². The predicted molar refractivity (Wildman–Crippen MR) is 132 cm³/mol. The molecule has 0 spiro atoms. The van der Waals surface area contributed by atoms with Crippen LogP contribution >= 0.6 is 0 Å². The van der Waals surface area contributed by atoms with E-state index in [1.54, 1.807) is 4.90 Å². The third kappa shape index (κ3) is 5.28. The molecule has 2 aromatic rings. The molecule has 4 rings (SSSR count). The largest absolute Gasteiger partial charge is 0.492 e. The fourth-order valence-corrected chi connectivity index (χ4v) is 4.34. The van der Waals surface area contributed by atoms with Crippen molar-refractivity contribution >= 4 is 28.9 Å². The third-order valence-corrected chi connectivity index (χ3v) is 6.11. The normalized spacial score (nSPS) is 18.2. The lowest BCUT2D eigenvalue weighted by molar-refractivity contribution is -0.122. The van der Waals surface area contributed by atoms with Gasteiger partial charge in [0.25, 0.3) is 0 Å². The highest BCUT2D eigenvalue weighted by Crippen LogP contribution is 2.40. The number of ether oxygens (including phenoxy) is 3. The number of hydrogen-bond donors (Lipinski definition) is 1. The third-order valence-electron chi connectivity index (χ3n) is 6.11. The van der Waals surface area contributed by atoms with Crippen molar-refractivity contribution in [2.75, 3.05) is 61.2 Å². The van der Waals surface area contributed by atoms with E-state index in [0.717, 1.165) is 30.0 Å². The summed E-state index contributed by atoms with van der Waals surface area (Å²) in [5.41, 5.74) is 3.41. The van der Waals surface area contributed by atoms with Crippen molar-refractivity contribution in [3.05, 3.63) is 42.0 Å². The lowest BCUT2D eigenvalue weighted by atomic mass is 10.1. The van der Waals surface area contributed by atoms with Crippen LogP contribution < -0.4 is 24.6 Å². The number of aryl methyl sites for hydroxylation is 1. The molecule has 0 aliphatic carbocycles. The first-order valence-corrected chi connectivity index (χ1v) is 11.9. The van der Waals surface area contributed by atoms with Crippen LogP contribution in [-0.2, 0) is 14.3 Å². The predicted octanol–water partition coefficient (Wildman–Crippen LogP) is 3.62. The molecule has 0 radical (unpaired) electrons. The first-order chi connectivity index (χ1) is 16.5. The maximum atomic E-state index is 13.2. The van der Waals surface area contributed by atoms with Crippen LogP contribution in [0.1, 0.15) is 25.8 Å². The maximum absolute atomic E-state index is 13.2. The van der Waals surface area contributed by atoms with Gasteiger partial charge in [0.2, 0.25) is 11.8 Å². The van der Waals surface area contributed by atoms with Crippen LogP contribution in [0, 0.1) is 12.8 Å². The highest BCUT2D eigenvalue weighted by Gasteiger charge is 2.35. The minimum Gasteiger partial charge on any atom is -0.492 e. The molecule has 1 atom stereocenters. The van der Waals surface area contributed by atoms with Gasteiger partial charge in [-0.25, -0.2) is 0 Å². The number of benzene rings is 2. The standard InChI is InChI=1S/C26H33N3O5/c1-4-33-23-16-22(28-10-12-32-13-11-28)24(34-5-2)15-21(23)27-26(31)19-14-25(30)29(17-19)20-8-6-18(3)7-9-20/h6-9,15-16,19H,4-5,10-14,17H2,1-3H3,(H,27,31)/t19-/m1/s1. The first-order valence-electron chi connectivity index (χ1n) is 11.9. The minimum atomic E-state index is -0.447. The van der Waals surface area contributed by atoms with Gasteiger partial charge in [0, 0.05) is 43.9 Å². The molecule has 182 valence electrons. The van der Waals surface area contributed by atoms with Crippen molar-refractivity contribution in [2.24, 2.45) is 5.92 Å². The highest BCUT2D eigenvalue weighted by atomic mass is 16.5. The number of carbonyl (C=O) groups excluding carboxylic acids is 2. The number of nitrogens with zero attached hydrogens (tertiary/aromatic N) is 2. The summed E-state index contributed by atoms with van der Waals surface area (Å²) in [5, 5.41) is 3.00. The van der Waals surface area contributed by atoms with Crippen LogP contribution in [0.5, 0.6) is 11.5 Å². The number of hydrogen-bond acceptors (Lipinski definition) is 6. The molecule has 2 aromatic carbocycles. The molecule has 2 fully saturated rings. The number of morpholine rings is 1. The fourth-order valence-electron chi connectivity index (χ4n) is 4.34. The van der Waals surface area contributed by atoms with Crippen LogP contribution in [0.2, 0.25) is 0 Å².